The molecule has 0 aromatic carbocycles. The molecule has 0 rings (SSSR count). The molecule has 156 valence electrons. The molecule has 0 aliphatic heterocycles. The van der Waals surface area contributed by atoms with E-state index in [1.807, 2.05) is 13.8 Å². The summed E-state index contributed by atoms with van der Waals surface area (Å²) in [4.78, 5) is 24.5. The van der Waals surface area contributed by atoms with Crippen molar-refractivity contribution in [1.82, 2.24) is 5.53 Å². The van der Waals surface area contributed by atoms with E-state index in [-0.39, 0.29) is 44.1 Å². The Labute approximate surface area is 183 Å². The molecular formula is C16H29N3O4S4. The first-order chi connectivity index (χ1) is 12.6. The van der Waals surface area contributed by atoms with Crippen LogP contribution in [-0.2, 0) is 44.3 Å². The number of quaternary nitrogens is 2. The van der Waals surface area contributed by atoms with Crippen molar-refractivity contribution in [3.8, 4) is 0 Å². The van der Waals surface area contributed by atoms with Crippen LogP contribution in [0.1, 0.15) is 40.5 Å². The van der Waals surface area contributed by atoms with Crippen LogP contribution in [0.5, 0.6) is 0 Å². The normalized spacial score (nSPS) is 15.3. The topological polar surface area (TPSA) is 64.6 Å². The predicted octanol–water partition coefficient (Wildman–Crippen LogP) is 1.65. The third-order valence-corrected chi connectivity index (χ3v) is 5.10. The summed E-state index contributed by atoms with van der Waals surface area (Å²) in [5.74, 6) is -0.904. The number of rotatable bonds is 12. The highest BCUT2D eigenvalue weighted by atomic mass is 32.1. The van der Waals surface area contributed by atoms with Crippen LogP contribution >= 0.6 is 24.4 Å². The lowest BCUT2D eigenvalue weighted by Crippen LogP contribution is -2.77. The second-order valence-electron chi connectivity index (χ2n) is 5.94. The Morgan fingerprint density at radius 1 is 0.815 bits per heavy atom. The molecule has 2 unspecified atom stereocenters. The summed E-state index contributed by atoms with van der Waals surface area (Å²) < 4.78 is 9.98. The van der Waals surface area contributed by atoms with Gasteiger partial charge in [-0.15, -0.1) is 0 Å². The van der Waals surface area contributed by atoms with Gasteiger partial charge in [-0.05, 0) is 32.2 Å². The van der Waals surface area contributed by atoms with Crippen molar-refractivity contribution in [2.75, 3.05) is 39.4 Å². The van der Waals surface area contributed by atoms with Gasteiger partial charge in [0.05, 0.1) is 21.9 Å². The molecule has 0 saturated heterocycles. The van der Waals surface area contributed by atoms with Crippen LogP contribution in [0.2, 0.25) is 0 Å². The molecule has 1 N–H and O–H groups in total. The molecule has 0 heterocycles. The lowest BCUT2D eigenvalue weighted by molar-refractivity contribution is -1.08. The van der Waals surface area contributed by atoms with E-state index in [9.17, 15) is 9.59 Å². The molecule has 0 aliphatic rings. The molecule has 27 heavy (non-hydrogen) atoms. The summed E-state index contributed by atoms with van der Waals surface area (Å²) in [6.07, 6.45) is 1.36. The summed E-state index contributed by atoms with van der Waals surface area (Å²) in [7, 11) is 0. The zero-order chi connectivity index (χ0) is 21.1. The Morgan fingerprint density at radius 3 is 1.37 bits per heavy atom. The lowest BCUT2D eigenvalue weighted by Gasteiger charge is -2.47. The number of esters is 2. The van der Waals surface area contributed by atoms with Crippen molar-refractivity contribution in [2.45, 2.75) is 40.5 Å². The van der Waals surface area contributed by atoms with Gasteiger partial charge in [0.2, 0.25) is 13.1 Å². The largest absolute Gasteiger partial charge is 0.462 e. The molecule has 0 bridgehead atoms. The standard InChI is InChI=1S/C16H29N3O4S4/c1-5-9-18(15(24)25,11-13(20)22-7-3)17-19(10-6-2,16(26)27)12-14(21)23-8-4/h17H,5-12H2,1-4H3. The van der Waals surface area contributed by atoms with Crippen molar-refractivity contribution in [1.29, 1.82) is 0 Å². The zero-order valence-corrected chi connectivity index (χ0v) is 19.6. The van der Waals surface area contributed by atoms with Crippen molar-refractivity contribution < 1.29 is 28.2 Å². The molecule has 0 saturated carbocycles. The third-order valence-electron chi connectivity index (χ3n) is 3.70. The molecule has 0 spiro atoms. The van der Waals surface area contributed by atoms with E-state index in [1.165, 1.54) is 0 Å². The van der Waals surface area contributed by atoms with Gasteiger partial charge in [-0.1, -0.05) is 13.8 Å². The molecule has 7 nitrogen and oxygen atoms in total. The third kappa shape index (κ3) is 8.14. The fourth-order valence-corrected chi connectivity index (χ4v) is 3.49. The number of hydrogen-bond donors (Lipinski definition) is 1. The molecule has 0 radical (unpaired) electrons. The van der Waals surface area contributed by atoms with E-state index in [2.05, 4.69) is 5.53 Å². The number of ether oxygens (including phenoxy) is 2. The van der Waals surface area contributed by atoms with Crippen LogP contribution in [0.3, 0.4) is 0 Å². The smallest absolute Gasteiger partial charge is 0.364 e. The SMILES string of the molecule is CCC[N+](CC(=O)OCC)(N[N+](CCC)(CC(=O)OCC)C(=S)[S-])C(=S)[S-]. The van der Waals surface area contributed by atoms with Gasteiger partial charge >= 0.3 is 11.9 Å². The second kappa shape index (κ2) is 12.8. The van der Waals surface area contributed by atoms with Gasteiger partial charge in [-0.25, -0.2) is 9.59 Å². The maximum Gasteiger partial charge on any atom is 0.364 e. The van der Waals surface area contributed by atoms with Crippen LogP contribution in [0.25, 0.3) is 0 Å². The molecule has 2 atom stereocenters. The van der Waals surface area contributed by atoms with Crippen LogP contribution < -0.4 is 5.53 Å². The number of carbonyl (C=O) groups is 2. The monoisotopic (exact) mass is 455 g/mol. The van der Waals surface area contributed by atoms with Crippen LogP contribution in [-0.4, -0.2) is 69.2 Å². The van der Waals surface area contributed by atoms with Gasteiger partial charge in [-0.2, -0.15) is 9.18 Å². The van der Waals surface area contributed by atoms with Crippen LogP contribution in [0, 0.1) is 0 Å². The molecule has 0 aliphatic carbocycles. The number of thiocarbonyl (C=S) groups is 2. The molecule has 0 aromatic heterocycles. The average Bonchev–Trinajstić information content (AvgIpc) is 2.55. The van der Waals surface area contributed by atoms with Crippen molar-refractivity contribution in [3.63, 3.8) is 0 Å². The first-order valence-corrected chi connectivity index (χ1v) is 10.5. The summed E-state index contributed by atoms with van der Waals surface area (Å²) in [6.45, 7) is 8.43. The van der Waals surface area contributed by atoms with E-state index in [0.29, 0.717) is 25.9 Å². The Balaban J connectivity index is 6.07. The van der Waals surface area contributed by atoms with Crippen molar-refractivity contribution in [3.05, 3.63) is 0 Å². The van der Waals surface area contributed by atoms with Crippen molar-refractivity contribution in [2.24, 2.45) is 0 Å². The van der Waals surface area contributed by atoms with Gasteiger partial charge in [0.25, 0.3) is 0 Å². The lowest BCUT2D eigenvalue weighted by atomic mass is 10.4. The summed E-state index contributed by atoms with van der Waals surface area (Å²) >= 11 is 21.3. The predicted molar refractivity (Wildman–Crippen MR) is 117 cm³/mol. The highest BCUT2D eigenvalue weighted by molar-refractivity contribution is 8.00. The van der Waals surface area contributed by atoms with E-state index < -0.39 is 11.9 Å². The molecule has 0 aromatic rings. The van der Waals surface area contributed by atoms with Gasteiger partial charge in [0.1, 0.15) is 13.1 Å². The Morgan fingerprint density at radius 2 is 1.15 bits per heavy atom. The fourth-order valence-electron chi connectivity index (χ4n) is 2.71. The number of nitrogens with one attached hydrogen (secondary N) is 1. The average molecular weight is 456 g/mol. The maximum atomic E-state index is 12.2. The van der Waals surface area contributed by atoms with Crippen LogP contribution in [0.4, 0.5) is 0 Å². The highest BCUT2D eigenvalue weighted by Gasteiger charge is 2.43. The Bertz CT molecular complexity index is 504. The first-order valence-electron chi connectivity index (χ1n) is 8.91. The molecule has 11 heteroatoms. The van der Waals surface area contributed by atoms with Gasteiger partial charge in [0, 0.05) is 0 Å². The van der Waals surface area contributed by atoms with Crippen LogP contribution in [0.15, 0.2) is 0 Å². The minimum Gasteiger partial charge on any atom is -0.462 e. The van der Waals surface area contributed by atoms with Crippen molar-refractivity contribution >= 4 is 70.3 Å². The molecule has 0 fully saturated rings. The summed E-state index contributed by atoms with van der Waals surface area (Å²) in [5, 5.41) is 0. The first kappa shape index (κ1) is 26.4. The number of nitrogens with zero attached hydrogens (tertiary/aromatic N) is 2. The Kier molecular flexibility index (Phi) is 12.5. The number of hydrogen-bond acceptors (Lipinski definition) is 9. The second-order valence-corrected chi connectivity index (χ2v) is 8.00. The van der Waals surface area contributed by atoms with Gasteiger partial charge in [-0.3, -0.25) is 0 Å². The summed E-state index contributed by atoms with van der Waals surface area (Å²) in [5.41, 5.74) is 3.24. The fraction of sp³-hybridized carbons (Fsp3) is 0.750. The van der Waals surface area contributed by atoms with E-state index >= 15 is 0 Å². The van der Waals surface area contributed by atoms with E-state index in [0.717, 1.165) is 0 Å². The van der Waals surface area contributed by atoms with E-state index in [1.54, 1.807) is 13.8 Å². The quantitative estimate of drug-likeness (QED) is 0.156. The maximum absolute atomic E-state index is 12.2. The van der Waals surface area contributed by atoms with E-state index in [4.69, 9.17) is 59.2 Å². The highest BCUT2D eigenvalue weighted by Crippen LogP contribution is 2.16. The minimum atomic E-state index is -0.452. The Hall–Kier alpha value is -0.560. The summed E-state index contributed by atoms with van der Waals surface area (Å²) in [6, 6.07) is 0. The van der Waals surface area contributed by atoms with Gasteiger partial charge < -0.3 is 59.2 Å². The van der Waals surface area contributed by atoms with Gasteiger partial charge in [0.15, 0.2) is 0 Å². The zero-order valence-electron chi connectivity index (χ0n) is 16.3. The molecular weight excluding hydrogens is 426 g/mol. The number of carbonyl (C=O) groups excluding carboxylic acids is 2. The minimum absolute atomic E-state index is 0.117. The molecule has 0 amide bonds.